The van der Waals surface area contributed by atoms with Crippen LogP contribution in [0.15, 0.2) is 18.2 Å². The van der Waals surface area contributed by atoms with Gasteiger partial charge in [-0.2, -0.15) is 0 Å². The van der Waals surface area contributed by atoms with Crippen LogP contribution >= 0.6 is 0 Å². The van der Waals surface area contributed by atoms with Crippen LogP contribution in [0.5, 0.6) is 11.5 Å². The average Bonchev–Trinajstić information content (AvgIpc) is 2.42. The van der Waals surface area contributed by atoms with Crippen LogP contribution in [0.3, 0.4) is 0 Å². The van der Waals surface area contributed by atoms with E-state index in [1.807, 2.05) is 25.1 Å². The standard InChI is InChI=1S/C18H29NO2/c1-5-20-18-11-14(7-9-16(18)19)21-17-10-13(4)6-8-15(17)12(2)3/h7,9,11-13,15,17H,5-6,8,10,19H2,1-4H3. The van der Waals surface area contributed by atoms with Crippen LogP contribution in [0, 0.1) is 17.8 Å². The van der Waals surface area contributed by atoms with Crippen molar-refractivity contribution < 1.29 is 9.47 Å². The third-order valence-electron chi connectivity index (χ3n) is 4.53. The van der Waals surface area contributed by atoms with Crippen molar-refractivity contribution in [2.45, 2.75) is 53.1 Å². The maximum Gasteiger partial charge on any atom is 0.145 e. The number of anilines is 1. The molecule has 1 saturated carbocycles. The van der Waals surface area contributed by atoms with Gasteiger partial charge in [-0.25, -0.2) is 0 Å². The molecule has 1 fully saturated rings. The minimum atomic E-state index is 0.298. The van der Waals surface area contributed by atoms with Gasteiger partial charge in [-0.1, -0.05) is 27.2 Å². The van der Waals surface area contributed by atoms with Crippen molar-refractivity contribution in [3.05, 3.63) is 18.2 Å². The lowest BCUT2D eigenvalue weighted by Gasteiger charge is -2.37. The second kappa shape index (κ2) is 7.06. The lowest BCUT2D eigenvalue weighted by molar-refractivity contribution is 0.0458. The second-order valence-corrected chi connectivity index (χ2v) is 6.62. The molecule has 0 aliphatic heterocycles. The summed E-state index contributed by atoms with van der Waals surface area (Å²) in [4.78, 5) is 0. The zero-order valence-electron chi connectivity index (χ0n) is 13.8. The molecule has 0 radical (unpaired) electrons. The van der Waals surface area contributed by atoms with Crippen molar-refractivity contribution in [3.63, 3.8) is 0 Å². The molecule has 3 nitrogen and oxygen atoms in total. The Kier molecular flexibility index (Phi) is 5.38. The van der Waals surface area contributed by atoms with Crippen LogP contribution in [0.2, 0.25) is 0 Å². The molecule has 2 N–H and O–H groups in total. The molecule has 1 aromatic carbocycles. The Morgan fingerprint density at radius 2 is 2.05 bits per heavy atom. The van der Waals surface area contributed by atoms with Crippen molar-refractivity contribution in [1.82, 2.24) is 0 Å². The first-order valence-corrected chi connectivity index (χ1v) is 8.20. The van der Waals surface area contributed by atoms with Crippen molar-refractivity contribution in [1.29, 1.82) is 0 Å². The van der Waals surface area contributed by atoms with Crippen LogP contribution in [0.4, 0.5) is 5.69 Å². The van der Waals surface area contributed by atoms with Crippen molar-refractivity contribution in [2.24, 2.45) is 17.8 Å². The molecule has 0 amide bonds. The maximum atomic E-state index is 6.31. The van der Waals surface area contributed by atoms with E-state index in [9.17, 15) is 0 Å². The van der Waals surface area contributed by atoms with E-state index in [1.165, 1.54) is 12.8 Å². The molecule has 1 aliphatic rings. The van der Waals surface area contributed by atoms with Gasteiger partial charge >= 0.3 is 0 Å². The Hall–Kier alpha value is -1.38. The minimum Gasteiger partial charge on any atom is -0.492 e. The number of ether oxygens (including phenoxy) is 2. The molecular weight excluding hydrogens is 262 g/mol. The molecule has 21 heavy (non-hydrogen) atoms. The Morgan fingerprint density at radius 1 is 1.29 bits per heavy atom. The van der Waals surface area contributed by atoms with Gasteiger partial charge in [-0.05, 0) is 49.7 Å². The summed E-state index contributed by atoms with van der Waals surface area (Å²) in [6.07, 6.45) is 4.01. The third kappa shape index (κ3) is 4.05. The quantitative estimate of drug-likeness (QED) is 0.812. The summed E-state index contributed by atoms with van der Waals surface area (Å²) >= 11 is 0. The molecule has 0 heterocycles. The molecule has 0 saturated heterocycles. The van der Waals surface area contributed by atoms with Crippen LogP contribution in [0.25, 0.3) is 0 Å². The van der Waals surface area contributed by atoms with Gasteiger partial charge in [-0.3, -0.25) is 0 Å². The Labute approximate surface area is 128 Å². The summed E-state index contributed by atoms with van der Waals surface area (Å²) in [5.74, 6) is 3.62. The highest BCUT2D eigenvalue weighted by Gasteiger charge is 2.32. The highest BCUT2D eigenvalue weighted by Crippen LogP contribution is 2.37. The van der Waals surface area contributed by atoms with E-state index >= 15 is 0 Å². The van der Waals surface area contributed by atoms with Crippen molar-refractivity contribution >= 4 is 5.69 Å². The topological polar surface area (TPSA) is 44.5 Å². The fourth-order valence-corrected chi connectivity index (χ4v) is 3.29. The number of rotatable bonds is 5. The molecule has 3 atom stereocenters. The normalized spacial score (nSPS) is 25.9. The van der Waals surface area contributed by atoms with Gasteiger partial charge in [0.05, 0.1) is 12.3 Å². The van der Waals surface area contributed by atoms with E-state index in [-0.39, 0.29) is 0 Å². The van der Waals surface area contributed by atoms with Crippen molar-refractivity contribution in [2.75, 3.05) is 12.3 Å². The zero-order valence-corrected chi connectivity index (χ0v) is 13.8. The SMILES string of the molecule is CCOc1cc(OC2CC(C)CCC2C(C)C)ccc1N. The summed E-state index contributed by atoms with van der Waals surface area (Å²) in [7, 11) is 0. The summed E-state index contributed by atoms with van der Waals surface area (Å²) < 4.78 is 11.9. The lowest BCUT2D eigenvalue weighted by Crippen LogP contribution is -2.36. The van der Waals surface area contributed by atoms with Crippen LogP contribution in [0.1, 0.15) is 47.0 Å². The van der Waals surface area contributed by atoms with Gasteiger partial charge in [0.15, 0.2) is 0 Å². The third-order valence-corrected chi connectivity index (χ3v) is 4.53. The first-order valence-electron chi connectivity index (χ1n) is 8.20. The summed E-state index contributed by atoms with van der Waals surface area (Å²) in [5.41, 5.74) is 6.59. The molecular formula is C18H29NO2. The molecule has 118 valence electrons. The largest absolute Gasteiger partial charge is 0.492 e. The molecule has 1 aliphatic carbocycles. The van der Waals surface area contributed by atoms with E-state index in [2.05, 4.69) is 20.8 Å². The van der Waals surface area contributed by atoms with E-state index in [1.54, 1.807) is 0 Å². The molecule has 0 aromatic heterocycles. The zero-order chi connectivity index (χ0) is 15.4. The summed E-state index contributed by atoms with van der Waals surface area (Å²) in [6, 6.07) is 5.75. The van der Waals surface area contributed by atoms with Gasteiger partial charge in [0, 0.05) is 6.07 Å². The number of nitrogen functional groups attached to an aromatic ring is 1. The van der Waals surface area contributed by atoms with Gasteiger partial charge in [0.25, 0.3) is 0 Å². The maximum absolute atomic E-state index is 6.31. The highest BCUT2D eigenvalue weighted by molar-refractivity contribution is 5.55. The van der Waals surface area contributed by atoms with Gasteiger partial charge < -0.3 is 15.2 Å². The van der Waals surface area contributed by atoms with E-state index in [0.717, 1.165) is 23.8 Å². The fraction of sp³-hybridized carbons (Fsp3) is 0.667. The van der Waals surface area contributed by atoms with Gasteiger partial charge in [-0.15, -0.1) is 0 Å². The van der Waals surface area contributed by atoms with Crippen LogP contribution < -0.4 is 15.2 Å². The fourth-order valence-electron chi connectivity index (χ4n) is 3.29. The first-order chi connectivity index (χ1) is 10.0. The number of nitrogens with two attached hydrogens (primary N) is 1. The monoisotopic (exact) mass is 291 g/mol. The van der Waals surface area contributed by atoms with E-state index in [4.69, 9.17) is 15.2 Å². The van der Waals surface area contributed by atoms with Gasteiger partial charge in [0.1, 0.15) is 17.6 Å². The second-order valence-electron chi connectivity index (χ2n) is 6.62. The van der Waals surface area contributed by atoms with Crippen molar-refractivity contribution in [3.8, 4) is 11.5 Å². The summed E-state index contributed by atoms with van der Waals surface area (Å²) in [5, 5.41) is 0. The Balaban J connectivity index is 2.12. The first kappa shape index (κ1) is 16.0. The molecule has 3 heteroatoms. The predicted molar refractivity (Wildman–Crippen MR) is 87.8 cm³/mol. The number of hydrogen-bond acceptors (Lipinski definition) is 3. The highest BCUT2D eigenvalue weighted by atomic mass is 16.5. The van der Waals surface area contributed by atoms with Crippen LogP contribution in [-0.4, -0.2) is 12.7 Å². The average molecular weight is 291 g/mol. The Morgan fingerprint density at radius 3 is 2.71 bits per heavy atom. The molecule has 0 bridgehead atoms. The summed E-state index contributed by atoms with van der Waals surface area (Å²) in [6.45, 7) is 9.49. The Bertz CT molecular complexity index is 459. The van der Waals surface area contributed by atoms with Gasteiger partial charge in [0.2, 0.25) is 0 Å². The molecule has 3 unspecified atom stereocenters. The smallest absolute Gasteiger partial charge is 0.145 e. The number of benzene rings is 1. The molecule has 0 spiro atoms. The molecule has 1 aromatic rings. The number of hydrogen-bond donors (Lipinski definition) is 1. The van der Waals surface area contributed by atoms with E-state index in [0.29, 0.717) is 30.2 Å². The minimum absolute atomic E-state index is 0.298. The molecule has 2 rings (SSSR count). The lowest BCUT2D eigenvalue weighted by atomic mass is 9.75. The predicted octanol–water partition coefficient (Wildman–Crippen LogP) is 4.51. The van der Waals surface area contributed by atoms with E-state index < -0.39 is 0 Å². The van der Waals surface area contributed by atoms with Crippen LogP contribution in [-0.2, 0) is 0 Å².